The Kier molecular flexibility index (Phi) is 7.98. The molecule has 2 rings (SSSR count). The van der Waals surface area contributed by atoms with E-state index in [2.05, 4.69) is 12.2 Å². The molecule has 0 bridgehead atoms. The minimum atomic E-state index is -3.68. The van der Waals surface area contributed by atoms with Gasteiger partial charge in [-0.25, -0.2) is 8.42 Å². The standard InChI is InChI=1S/C19H22Cl2N2O4S/c1-3-14-4-7-16(8-5-14)27-11-10-22-19(24)13-23(28(2,25)26)15-6-9-17(20)18(21)12-15/h4-9,12H,3,10-11,13H2,1-2H3,(H,22,24). The van der Waals surface area contributed by atoms with Gasteiger partial charge in [0.15, 0.2) is 0 Å². The van der Waals surface area contributed by atoms with E-state index in [0.717, 1.165) is 17.0 Å². The molecule has 2 aromatic carbocycles. The van der Waals surface area contributed by atoms with Crippen molar-refractivity contribution in [3.05, 3.63) is 58.1 Å². The van der Waals surface area contributed by atoms with Gasteiger partial charge in [0.05, 0.1) is 28.5 Å². The van der Waals surface area contributed by atoms with Crippen LogP contribution in [0.4, 0.5) is 5.69 Å². The molecule has 0 radical (unpaired) electrons. The number of rotatable bonds is 9. The molecule has 28 heavy (non-hydrogen) atoms. The normalized spacial score (nSPS) is 11.1. The van der Waals surface area contributed by atoms with Crippen LogP contribution in [-0.2, 0) is 21.2 Å². The number of carbonyl (C=O) groups excluding carboxylic acids is 1. The summed E-state index contributed by atoms with van der Waals surface area (Å²) in [5.74, 6) is 0.251. The van der Waals surface area contributed by atoms with Crippen molar-refractivity contribution in [3.63, 3.8) is 0 Å². The van der Waals surface area contributed by atoms with E-state index in [1.807, 2.05) is 24.3 Å². The zero-order chi connectivity index (χ0) is 20.7. The lowest BCUT2D eigenvalue weighted by molar-refractivity contribution is -0.119. The van der Waals surface area contributed by atoms with Gasteiger partial charge in [0.1, 0.15) is 18.9 Å². The van der Waals surface area contributed by atoms with Crippen LogP contribution in [0, 0.1) is 0 Å². The minimum Gasteiger partial charge on any atom is -0.492 e. The Morgan fingerprint density at radius 2 is 1.79 bits per heavy atom. The van der Waals surface area contributed by atoms with E-state index < -0.39 is 15.9 Å². The largest absolute Gasteiger partial charge is 0.492 e. The Morgan fingerprint density at radius 3 is 2.36 bits per heavy atom. The molecule has 0 heterocycles. The number of ether oxygens (including phenoxy) is 1. The van der Waals surface area contributed by atoms with Gasteiger partial charge in [-0.3, -0.25) is 9.10 Å². The molecule has 0 saturated carbocycles. The highest BCUT2D eigenvalue weighted by molar-refractivity contribution is 7.92. The van der Waals surface area contributed by atoms with E-state index in [4.69, 9.17) is 27.9 Å². The van der Waals surface area contributed by atoms with Crippen molar-refractivity contribution in [1.82, 2.24) is 5.32 Å². The highest BCUT2D eigenvalue weighted by atomic mass is 35.5. The summed E-state index contributed by atoms with van der Waals surface area (Å²) in [6, 6.07) is 12.1. The van der Waals surface area contributed by atoms with E-state index in [-0.39, 0.29) is 30.4 Å². The van der Waals surface area contributed by atoms with Crippen molar-refractivity contribution < 1.29 is 17.9 Å². The molecule has 0 aliphatic heterocycles. The number of aryl methyl sites for hydroxylation is 1. The van der Waals surface area contributed by atoms with Gasteiger partial charge < -0.3 is 10.1 Å². The highest BCUT2D eigenvalue weighted by Gasteiger charge is 2.21. The number of sulfonamides is 1. The van der Waals surface area contributed by atoms with Crippen LogP contribution < -0.4 is 14.4 Å². The van der Waals surface area contributed by atoms with Crippen LogP contribution in [-0.4, -0.2) is 40.3 Å². The first-order chi connectivity index (χ1) is 13.2. The molecular weight excluding hydrogens is 423 g/mol. The van der Waals surface area contributed by atoms with Gasteiger partial charge in [-0.05, 0) is 42.3 Å². The lowest BCUT2D eigenvalue weighted by atomic mass is 10.2. The second-order valence-electron chi connectivity index (χ2n) is 6.06. The molecule has 0 aromatic heterocycles. The molecule has 0 aliphatic carbocycles. The van der Waals surface area contributed by atoms with Crippen LogP contribution in [0.25, 0.3) is 0 Å². The SMILES string of the molecule is CCc1ccc(OCCNC(=O)CN(c2ccc(Cl)c(Cl)c2)S(C)(=O)=O)cc1. The van der Waals surface area contributed by atoms with Gasteiger partial charge in [0, 0.05) is 0 Å². The molecule has 1 amide bonds. The number of halogens is 2. The van der Waals surface area contributed by atoms with Gasteiger partial charge in [0.2, 0.25) is 15.9 Å². The number of anilines is 1. The van der Waals surface area contributed by atoms with Gasteiger partial charge in [-0.15, -0.1) is 0 Å². The van der Waals surface area contributed by atoms with E-state index in [1.54, 1.807) is 0 Å². The summed E-state index contributed by atoms with van der Waals surface area (Å²) in [6.45, 7) is 2.21. The molecule has 0 unspecified atom stereocenters. The fourth-order valence-electron chi connectivity index (χ4n) is 2.41. The number of hydrogen-bond donors (Lipinski definition) is 1. The summed E-state index contributed by atoms with van der Waals surface area (Å²) in [5, 5.41) is 3.15. The minimum absolute atomic E-state index is 0.204. The first-order valence-electron chi connectivity index (χ1n) is 8.62. The summed E-state index contributed by atoms with van der Waals surface area (Å²) in [6.07, 6.45) is 1.97. The quantitative estimate of drug-likeness (QED) is 0.600. The average Bonchev–Trinajstić information content (AvgIpc) is 2.65. The van der Waals surface area contributed by atoms with E-state index >= 15 is 0 Å². The average molecular weight is 445 g/mol. The predicted octanol–water partition coefficient (Wildman–Crippen LogP) is 3.52. The van der Waals surface area contributed by atoms with E-state index in [9.17, 15) is 13.2 Å². The van der Waals surface area contributed by atoms with Crippen molar-refractivity contribution in [2.75, 3.05) is 30.3 Å². The topological polar surface area (TPSA) is 75.7 Å². The number of hydrogen-bond acceptors (Lipinski definition) is 4. The Bertz CT molecular complexity index is 918. The third-order valence-corrected chi connectivity index (χ3v) is 5.78. The van der Waals surface area contributed by atoms with Crippen molar-refractivity contribution in [2.24, 2.45) is 0 Å². The number of benzene rings is 2. The molecular formula is C19H22Cl2N2O4S. The Morgan fingerprint density at radius 1 is 1.11 bits per heavy atom. The third kappa shape index (κ3) is 6.58. The van der Waals surface area contributed by atoms with Crippen molar-refractivity contribution in [2.45, 2.75) is 13.3 Å². The van der Waals surface area contributed by atoms with Crippen LogP contribution in [0.2, 0.25) is 10.0 Å². The summed E-state index contributed by atoms with van der Waals surface area (Å²) in [4.78, 5) is 12.2. The first kappa shape index (κ1) is 22.3. The highest BCUT2D eigenvalue weighted by Crippen LogP contribution is 2.28. The number of nitrogens with zero attached hydrogens (tertiary/aromatic N) is 1. The molecule has 152 valence electrons. The van der Waals surface area contributed by atoms with Crippen molar-refractivity contribution in [3.8, 4) is 5.75 Å². The van der Waals surface area contributed by atoms with Crippen LogP contribution in [0.1, 0.15) is 12.5 Å². The van der Waals surface area contributed by atoms with Gasteiger partial charge in [-0.1, -0.05) is 42.3 Å². The molecule has 0 spiro atoms. The van der Waals surface area contributed by atoms with Crippen molar-refractivity contribution in [1.29, 1.82) is 0 Å². The van der Waals surface area contributed by atoms with E-state index in [1.165, 1.54) is 23.8 Å². The molecule has 1 N–H and O–H groups in total. The fourth-order valence-corrected chi connectivity index (χ4v) is 3.55. The van der Waals surface area contributed by atoms with Gasteiger partial charge in [0.25, 0.3) is 0 Å². The number of nitrogens with one attached hydrogen (secondary N) is 1. The maximum atomic E-state index is 12.2. The lowest BCUT2D eigenvalue weighted by Crippen LogP contribution is -2.41. The summed E-state index contributed by atoms with van der Waals surface area (Å²) in [5.41, 5.74) is 1.48. The second-order valence-corrected chi connectivity index (χ2v) is 8.79. The Hall–Kier alpha value is -1.96. The Labute approximate surface area is 175 Å². The zero-order valence-electron chi connectivity index (χ0n) is 15.6. The van der Waals surface area contributed by atoms with E-state index in [0.29, 0.717) is 10.8 Å². The lowest BCUT2D eigenvalue weighted by Gasteiger charge is -2.22. The summed E-state index contributed by atoms with van der Waals surface area (Å²) in [7, 11) is -3.68. The molecule has 0 atom stereocenters. The summed E-state index contributed by atoms with van der Waals surface area (Å²) < 4.78 is 30.7. The molecule has 6 nitrogen and oxygen atoms in total. The zero-order valence-corrected chi connectivity index (χ0v) is 17.9. The van der Waals surface area contributed by atoms with Gasteiger partial charge >= 0.3 is 0 Å². The Balaban J connectivity index is 1.90. The summed E-state index contributed by atoms with van der Waals surface area (Å²) >= 11 is 11.8. The fraction of sp³-hybridized carbons (Fsp3) is 0.316. The molecule has 2 aromatic rings. The first-order valence-corrected chi connectivity index (χ1v) is 11.2. The molecule has 9 heteroatoms. The predicted molar refractivity (Wildman–Crippen MR) is 113 cm³/mol. The number of amides is 1. The molecule has 0 saturated heterocycles. The van der Waals surface area contributed by atoms with Crippen LogP contribution in [0.5, 0.6) is 5.75 Å². The molecule has 0 fully saturated rings. The van der Waals surface area contributed by atoms with Crippen molar-refractivity contribution >= 4 is 44.8 Å². The molecule has 0 aliphatic rings. The van der Waals surface area contributed by atoms with Crippen LogP contribution in [0.15, 0.2) is 42.5 Å². The third-order valence-electron chi connectivity index (χ3n) is 3.90. The maximum absolute atomic E-state index is 12.2. The second kappa shape index (κ2) is 10.0. The van der Waals surface area contributed by atoms with Gasteiger partial charge in [-0.2, -0.15) is 0 Å². The maximum Gasteiger partial charge on any atom is 0.240 e. The van der Waals surface area contributed by atoms with Crippen LogP contribution >= 0.6 is 23.2 Å². The number of carbonyl (C=O) groups is 1. The smallest absolute Gasteiger partial charge is 0.240 e. The monoisotopic (exact) mass is 444 g/mol. The van der Waals surface area contributed by atoms with Crippen LogP contribution in [0.3, 0.4) is 0 Å².